The van der Waals surface area contributed by atoms with E-state index in [0.717, 1.165) is 16.7 Å². The van der Waals surface area contributed by atoms with Crippen LogP contribution in [0.4, 0.5) is 8.78 Å². The number of benzene rings is 3. The number of carbonyl (C=O) groups is 1. The summed E-state index contributed by atoms with van der Waals surface area (Å²) in [6.07, 6.45) is 1.30. The maximum Gasteiger partial charge on any atom is 0.273 e. The summed E-state index contributed by atoms with van der Waals surface area (Å²) in [7, 11) is 0. The van der Waals surface area contributed by atoms with E-state index in [1.807, 2.05) is 29.2 Å². The molecule has 0 saturated heterocycles. The van der Waals surface area contributed by atoms with Gasteiger partial charge in [-0.15, -0.1) is 0 Å². The molecule has 5 rings (SSSR count). The lowest BCUT2D eigenvalue weighted by Crippen LogP contribution is -2.24. The maximum absolute atomic E-state index is 13.8. The Balaban J connectivity index is 1.27. The van der Waals surface area contributed by atoms with Crippen LogP contribution < -0.4 is 14.8 Å². The highest BCUT2D eigenvalue weighted by Gasteiger charge is 2.18. The Kier molecular flexibility index (Phi) is 6.90. The van der Waals surface area contributed by atoms with E-state index < -0.39 is 5.91 Å². The topological polar surface area (TPSA) is 76.8 Å². The highest BCUT2D eigenvalue weighted by Crippen LogP contribution is 2.33. The van der Waals surface area contributed by atoms with Gasteiger partial charge in [0.05, 0.1) is 6.54 Å². The van der Waals surface area contributed by atoms with Gasteiger partial charge in [-0.05, 0) is 53.1 Å². The van der Waals surface area contributed by atoms with Crippen LogP contribution in [0.3, 0.4) is 0 Å². The quantitative estimate of drug-likeness (QED) is 0.362. The molecule has 9 heteroatoms. The molecule has 1 amide bonds. The SMILES string of the molecule is O=C(NCc1ccc(F)cc1)c1coc(CN(Cc2cccc(F)c2)Cc2ccc3c(c2)OCO3)n1. The zero-order valence-corrected chi connectivity index (χ0v) is 19.2. The second-order valence-corrected chi connectivity index (χ2v) is 8.40. The van der Waals surface area contributed by atoms with Gasteiger partial charge in [0.25, 0.3) is 5.91 Å². The van der Waals surface area contributed by atoms with Crippen LogP contribution in [0, 0.1) is 11.6 Å². The van der Waals surface area contributed by atoms with Crippen molar-refractivity contribution in [1.29, 1.82) is 0 Å². The van der Waals surface area contributed by atoms with Gasteiger partial charge in [0, 0.05) is 19.6 Å². The third-order valence-electron chi connectivity index (χ3n) is 5.65. The molecular weight excluding hydrogens is 468 g/mol. The standard InChI is InChI=1S/C27H23F2N3O4/c28-21-7-4-18(5-8-21)12-30-27(33)23-16-34-26(31-23)15-32(13-19-2-1-3-22(29)10-19)14-20-6-9-24-25(11-20)36-17-35-24/h1-11,16H,12-15,17H2,(H,30,33). The molecule has 2 heterocycles. The van der Waals surface area contributed by atoms with E-state index in [9.17, 15) is 13.6 Å². The van der Waals surface area contributed by atoms with Crippen LogP contribution in [0.2, 0.25) is 0 Å². The third kappa shape index (κ3) is 5.87. The molecule has 36 heavy (non-hydrogen) atoms. The van der Waals surface area contributed by atoms with Gasteiger partial charge in [-0.1, -0.05) is 30.3 Å². The molecule has 0 spiro atoms. The molecule has 0 fully saturated rings. The number of nitrogens with zero attached hydrogens (tertiary/aromatic N) is 2. The Morgan fingerprint density at radius 1 is 0.861 bits per heavy atom. The monoisotopic (exact) mass is 491 g/mol. The number of amides is 1. The molecule has 0 radical (unpaired) electrons. The fourth-order valence-electron chi connectivity index (χ4n) is 3.91. The van der Waals surface area contributed by atoms with Crippen molar-refractivity contribution in [3.8, 4) is 11.5 Å². The first-order valence-corrected chi connectivity index (χ1v) is 11.3. The van der Waals surface area contributed by atoms with Crippen LogP contribution in [0.5, 0.6) is 11.5 Å². The molecule has 0 aliphatic carbocycles. The second-order valence-electron chi connectivity index (χ2n) is 8.40. The van der Waals surface area contributed by atoms with Gasteiger partial charge in [-0.3, -0.25) is 9.69 Å². The summed E-state index contributed by atoms with van der Waals surface area (Å²) in [5.74, 6) is 0.663. The Morgan fingerprint density at radius 3 is 2.42 bits per heavy atom. The summed E-state index contributed by atoms with van der Waals surface area (Å²) in [6.45, 7) is 1.64. The molecule has 1 aliphatic heterocycles. The van der Waals surface area contributed by atoms with E-state index in [4.69, 9.17) is 13.9 Å². The van der Waals surface area contributed by atoms with Crippen LogP contribution in [-0.4, -0.2) is 22.6 Å². The Labute approximate surface area is 206 Å². The summed E-state index contributed by atoms with van der Waals surface area (Å²) in [5.41, 5.74) is 2.67. The molecule has 1 aromatic heterocycles. The van der Waals surface area contributed by atoms with E-state index in [0.29, 0.717) is 30.5 Å². The van der Waals surface area contributed by atoms with Crippen molar-refractivity contribution in [2.24, 2.45) is 0 Å². The fraction of sp³-hybridized carbons (Fsp3) is 0.185. The van der Waals surface area contributed by atoms with Gasteiger partial charge in [-0.25, -0.2) is 13.8 Å². The summed E-state index contributed by atoms with van der Waals surface area (Å²) in [6, 6.07) is 18.0. The van der Waals surface area contributed by atoms with Gasteiger partial charge in [0.2, 0.25) is 12.7 Å². The van der Waals surface area contributed by atoms with Gasteiger partial charge >= 0.3 is 0 Å². The molecule has 4 aromatic rings. The molecule has 1 N–H and O–H groups in total. The average Bonchev–Trinajstić information content (AvgIpc) is 3.53. The molecule has 1 aliphatic rings. The number of hydrogen-bond donors (Lipinski definition) is 1. The number of hydrogen-bond acceptors (Lipinski definition) is 6. The minimum absolute atomic E-state index is 0.140. The first-order chi connectivity index (χ1) is 17.5. The van der Waals surface area contributed by atoms with Crippen molar-refractivity contribution >= 4 is 5.91 Å². The van der Waals surface area contributed by atoms with Crippen LogP contribution >= 0.6 is 0 Å². The lowest BCUT2D eigenvalue weighted by atomic mass is 10.1. The number of rotatable bonds is 9. The van der Waals surface area contributed by atoms with Crippen molar-refractivity contribution in [3.05, 3.63) is 113 Å². The Hall–Kier alpha value is -4.24. The van der Waals surface area contributed by atoms with Crippen molar-refractivity contribution in [1.82, 2.24) is 15.2 Å². The number of oxazole rings is 1. The first kappa shape index (κ1) is 23.5. The zero-order chi connectivity index (χ0) is 24.9. The predicted molar refractivity (Wildman–Crippen MR) is 126 cm³/mol. The lowest BCUT2D eigenvalue weighted by Gasteiger charge is -2.21. The van der Waals surface area contributed by atoms with Crippen LogP contribution in [0.15, 0.2) is 77.4 Å². The fourth-order valence-corrected chi connectivity index (χ4v) is 3.91. The number of nitrogens with one attached hydrogen (secondary N) is 1. The van der Waals surface area contributed by atoms with E-state index in [1.165, 1.54) is 30.5 Å². The molecule has 0 atom stereocenters. The molecule has 0 unspecified atom stereocenters. The Bertz CT molecular complexity index is 1360. The second kappa shape index (κ2) is 10.6. The smallest absolute Gasteiger partial charge is 0.273 e. The van der Waals surface area contributed by atoms with Crippen LogP contribution in [0.25, 0.3) is 0 Å². The van der Waals surface area contributed by atoms with Crippen molar-refractivity contribution < 1.29 is 27.5 Å². The molecule has 0 bridgehead atoms. The number of fused-ring (bicyclic) bond motifs is 1. The molecule has 0 saturated carbocycles. The van der Waals surface area contributed by atoms with Gasteiger partial charge in [0.1, 0.15) is 17.9 Å². The predicted octanol–water partition coefficient (Wildman–Crippen LogP) is 4.81. The highest BCUT2D eigenvalue weighted by molar-refractivity contribution is 5.91. The molecule has 7 nitrogen and oxygen atoms in total. The summed E-state index contributed by atoms with van der Waals surface area (Å²) in [4.78, 5) is 18.9. The van der Waals surface area contributed by atoms with Crippen LogP contribution in [-0.2, 0) is 26.2 Å². The van der Waals surface area contributed by atoms with E-state index >= 15 is 0 Å². The third-order valence-corrected chi connectivity index (χ3v) is 5.65. The Morgan fingerprint density at radius 2 is 1.61 bits per heavy atom. The largest absolute Gasteiger partial charge is 0.454 e. The van der Waals surface area contributed by atoms with Gasteiger partial charge in [-0.2, -0.15) is 0 Å². The highest BCUT2D eigenvalue weighted by atomic mass is 19.1. The van der Waals surface area contributed by atoms with Gasteiger partial charge < -0.3 is 19.2 Å². The van der Waals surface area contributed by atoms with Crippen molar-refractivity contribution in [2.45, 2.75) is 26.2 Å². The van der Waals surface area contributed by atoms with E-state index in [-0.39, 0.29) is 37.2 Å². The zero-order valence-electron chi connectivity index (χ0n) is 19.2. The molecule has 3 aromatic carbocycles. The number of halogens is 2. The first-order valence-electron chi connectivity index (χ1n) is 11.3. The minimum Gasteiger partial charge on any atom is -0.454 e. The molecular formula is C27H23F2N3O4. The average molecular weight is 491 g/mol. The van der Waals surface area contributed by atoms with Crippen LogP contribution in [0.1, 0.15) is 33.1 Å². The maximum atomic E-state index is 13.8. The van der Waals surface area contributed by atoms with Crippen molar-refractivity contribution in [2.75, 3.05) is 6.79 Å². The summed E-state index contributed by atoms with van der Waals surface area (Å²) in [5, 5.41) is 2.75. The van der Waals surface area contributed by atoms with Gasteiger partial charge in [0.15, 0.2) is 17.2 Å². The summed E-state index contributed by atoms with van der Waals surface area (Å²) >= 11 is 0. The molecule has 184 valence electrons. The minimum atomic E-state index is -0.401. The lowest BCUT2D eigenvalue weighted by molar-refractivity contribution is 0.0945. The normalized spacial score (nSPS) is 12.2. The number of ether oxygens (including phenoxy) is 2. The van der Waals surface area contributed by atoms with Crippen molar-refractivity contribution in [3.63, 3.8) is 0 Å². The summed E-state index contributed by atoms with van der Waals surface area (Å²) < 4.78 is 43.3. The van der Waals surface area contributed by atoms with E-state index in [1.54, 1.807) is 18.2 Å². The van der Waals surface area contributed by atoms with E-state index in [2.05, 4.69) is 10.3 Å². The number of carbonyl (C=O) groups excluding carboxylic acids is 1. The number of aromatic nitrogens is 1.